The highest BCUT2D eigenvalue weighted by Gasteiger charge is 2.15. The molecule has 0 aliphatic rings. The van der Waals surface area contributed by atoms with Crippen molar-refractivity contribution >= 4 is 42.6 Å². The molecule has 0 atom stereocenters. The summed E-state index contributed by atoms with van der Waals surface area (Å²) in [6, 6.07) is 31.1. The van der Waals surface area contributed by atoms with Crippen molar-refractivity contribution in [1.29, 1.82) is 0 Å². The Bertz CT molecular complexity index is 1350. The minimum atomic E-state index is 0.860. The second kappa shape index (κ2) is 8.13. The predicted molar refractivity (Wildman–Crippen MR) is 131 cm³/mol. The van der Waals surface area contributed by atoms with Gasteiger partial charge in [0, 0.05) is 26.3 Å². The molecule has 0 aliphatic heterocycles. The molecule has 144 valence electrons. The number of aromatic nitrogens is 2. The molecule has 2 nitrogen and oxygen atoms in total. The van der Waals surface area contributed by atoms with Crippen LogP contribution in [0, 0.1) is 0 Å². The lowest BCUT2D eigenvalue weighted by Gasteiger charge is -2.14. The quantitative estimate of drug-likeness (QED) is 0.242. The number of nitrogens with zero attached hydrogens (tertiary/aromatic N) is 2. The van der Waals surface area contributed by atoms with E-state index >= 15 is 0 Å². The molecule has 30 heavy (non-hydrogen) atoms. The van der Waals surface area contributed by atoms with Crippen LogP contribution in [-0.4, -0.2) is 9.97 Å². The molecule has 5 aromatic rings. The summed E-state index contributed by atoms with van der Waals surface area (Å²) >= 11 is 7.23. The Morgan fingerprint density at radius 3 is 2.07 bits per heavy atom. The lowest BCUT2D eigenvalue weighted by Crippen LogP contribution is -1.94. The van der Waals surface area contributed by atoms with Gasteiger partial charge < -0.3 is 0 Å². The number of fused-ring (bicyclic) bond motifs is 1. The van der Waals surface area contributed by atoms with Gasteiger partial charge in [0.15, 0.2) is 0 Å². The second-order valence-electron chi connectivity index (χ2n) is 6.96. The summed E-state index contributed by atoms with van der Waals surface area (Å²) in [4.78, 5) is 9.54. The van der Waals surface area contributed by atoms with Crippen LogP contribution in [-0.2, 0) is 0 Å². The lowest BCUT2D eigenvalue weighted by atomic mass is 9.94. The summed E-state index contributed by atoms with van der Waals surface area (Å²) in [6.45, 7) is 0. The van der Waals surface area contributed by atoms with Gasteiger partial charge in [-0.3, -0.25) is 4.98 Å². The van der Waals surface area contributed by atoms with E-state index in [4.69, 9.17) is 4.98 Å². The van der Waals surface area contributed by atoms with E-state index in [9.17, 15) is 0 Å². The van der Waals surface area contributed by atoms with Gasteiger partial charge in [-0.15, -0.1) is 0 Å². The monoisotopic (exact) mass is 514 g/mol. The molecule has 2 aromatic heterocycles. The lowest BCUT2D eigenvalue weighted by molar-refractivity contribution is 1.25. The summed E-state index contributed by atoms with van der Waals surface area (Å²) in [6.07, 6.45) is 1.80. The zero-order chi connectivity index (χ0) is 20.5. The van der Waals surface area contributed by atoms with E-state index < -0.39 is 0 Å². The Labute approximate surface area is 191 Å². The number of halogens is 2. The number of rotatable bonds is 3. The second-order valence-corrected chi connectivity index (χ2v) is 8.73. The SMILES string of the molecule is Brc1ccc(-c2nc(-c3ccccn3)ccc2-c2ccc(Br)c3ccccc23)cc1. The molecule has 0 saturated carbocycles. The van der Waals surface area contributed by atoms with Crippen LogP contribution in [0.25, 0.3) is 44.5 Å². The van der Waals surface area contributed by atoms with E-state index in [1.165, 1.54) is 10.8 Å². The molecule has 3 aromatic carbocycles. The van der Waals surface area contributed by atoms with Gasteiger partial charge in [-0.2, -0.15) is 0 Å². The van der Waals surface area contributed by atoms with E-state index in [1.54, 1.807) is 6.20 Å². The molecule has 0 N–H and O–H groups in total. The van der Waals surface area contributed by atoms with Crippen LogP contribution in [0.3, 0.4) is 0 Å². The third-order valence-corrected chi connectivity index (χ3v) is 6.32. The van der Waals surface area contributed by atoms with Gasteiger partial charge >= 0.3 is 0 Å². The molecule has 0 spiro atoms. The van der Waals surface area contributed by atoms with E-state index in [1.807, 2.05) is 30.3 Å². The highest BCUT2D eigenvalue weighted by Crippen LogP contribution is 2.38. The Balaban J connectivity index is 1.79. The Kier molecular flexibility index (Phi) is 5.19. The summed E-state index contributed by atoms with van der Waals surface area (Å²) in [7, 11) is 0. The van der Waals surface area contributed by atoms with Crippen molar-refractivity contribution in [2.75, 3.05) is 0 Å². The number of hydrogen-bond acceptors (Lipinski definition) is 2. The van der Waals surface area contributed by atoms with E-state index in [0.29, 0.717) is 0 Å². The Morgan fingerprint density at radius 1 is 0.567 bits per heavy atom. The van der Waals surface area contributed by atoms with Crippen molar-refractivity contribution in [3.8, 4) is 33.8 Å². The molecule has 4 heteroatoms. The molecule has 2 heterocycles. The minimum Gasteiger partial charge on any atom is -0.255 e. The first-order chi connectivity index (χ1) is 14.7. The van der Waals surface area contributed by atoms with Crippen LogP contribution in [0.5, 0.6) is 0 Å². The van der Waals surface area contributed by atoms with Gasteiger partial charge in [-0.25, -0.2) is 4.98 Å². The summed E-state index contributed by atoms with van der Waals surface area (Å²) < 4.78 is 2.13. The molecule has 0 bridgehead atoms. The average molecular weight is 516 g/mol. The zero-order valence-electron chi connectivity index (χ0n) is 15.9. The van der Waals surface area contributed by atoms with Crippen LogP contribution >= 0.6 is 31.9 Å². The van der Waals surface area contributed by atoms with E-state index in [-0.39, 0.29) is 0 Å². The van der Waals surface area contributed by atoms with Gasteiger partial charge in [0.1, 0.15) is 0 Å². The van der Waals surface area contributed by atoms with Crippen molar-refractivity contribution in [1.82, 2.24) is 9.97 Å². The first-order valence-electron chi connectivity index (χ1n) is 9.57. The highest BCUT2D eigenvalue weighted by molar-refractivity contribution is 9.11. The van der Waals surface area contributed by atoms with Crippen LogP contribution in [0.4, 0.5) is 0 Å². The maximum absolute atomic E-state index is 5.06. The predicted octanol–water partition coefficient (Wildman–Crippen LogP) is 8.16. The van der Waals surface area contributed by atoms with Gasteiger partial charge in [-0.1, -0.05) is 80.4 Å². The first kappa shape index (κ1) is 19.2. The Hall–Kier alpha value is -2.82. The molecule has 0 fully saturated rings. The fourth-order valence-electron chi connectivity index (χ4n) is 3.66. The number of pyridine rings is 2. The summed E-state index contributed by atoms with van der Waals surface area (Å²) in [5.74, 6) is 0. The maximum Gasteiger partial charge on any atom is 0.0894 e. The number of benzene rings is 3. The molecule has 5 rings (SSSR count). The van der Waals surface area contributed by atoms with Gasteiger partial charge in [0.25, 0.3) is 0 Å². The third-order valence-electron chi connectivity index (χ3n) is 5.10. The summed E-state index contributed by atoms with van der Waals surface area (Å²) in [5.41, 5.74) is 5.99. The molecular formula is C26H16Br2N2. The van der Waals surface area contributed by atoms with Crippen molar-refractivity contribution in [3.05, 3.63) is 106 Å². The molecule has 0 amide bonds. The van der Waals surface area contributed by atoms with Crippen molar-refractivity contribution < 1.29 is 0 Å². The minimum absolute atomic E-state index is 0.860. The van der Waals surface area contributed by atoms with Crippen molar-refractivity contribution in [3.63, 3.8) is 0 Å². The number of hydrogen-bond donors (Lipinski definition) is 0. The molecule has 0 radical (unpaired) electrons. The van der Waals surface area contributed by atoms with Gasteiger partial charge in [0.2, 0.25) is 0 Å². The Morgan fingerprint density at radius 2 is 1.30 bits per heavy atom. The molecule has 0 saturated heterocycles. The van der Waals surface area contributed by atoms with Gasteiger partial charge in [-0.05, 0) is 58.8 Å². The molecular weight excluding hydrogens is 500 g/mol. The van der Waals surface area contributed by atoms with Crippen molar-refractivity contribution in [2.24, 2.45) is 0 Å². The summed E-state index contributed by atoms with van der Waals surface area (Å²) in [5, 5.41) is 2.38. The topological polar surface area (TPSA) is 25.8 Å². The van der Waals surface area contributed by atoms with E-state index in [0.717, 1.165) is 42.7 Å². The fourth-order valence-corrected chi connectivity index (χ4v) is 4.40. The largest absolute Gasteiger partial charge is 0.255 e. The highest BCUT2D eigenvalue weighted by atomic mass is 79.9. The molecule has 0 unspecified atom stereocenters. The normalized spacial score (nSPS) is 11.0. The van der Waals surface area contributed by atoms with Crippen LogP contribution < -0.4 is 0 Å². The average Bonchev–Trinajstić information content (AvgIpc) is 2.80. The first-order valence-corrected chi connectivity index (χ1v) is 11.2. The third kappa shape index (κ3) is 3.57. The van der Waals surface area contributed by atoms with E-state index in [2.05, 4.69) is 97.5 Å². The smallest absolute Gasteiger partial charge is 0.0894 e. The van der Waals surface area contributed by atoms with Crippen LogP contribution in [0.15, 0.2) is 106 Å². The van der Waals surface area contributed by atoms with Crippen LogP contribution in [0.1, 0.15) is 0 Å². The van der Waals surface area contributed by atoms with Crippen molar-refractivity contribution in [2.45, 2.75) is 0 Å². The maximum atomic E-state index is 5.06. The zero-order valence-corrected chi connectivity index (χ0v) is 19.1. The fraction of sp³-hybridized carbons (Fsp3) is 0. The van der Waals surface area contributed by atoms with Gasteiger partial charge in [0.05, 0.1) is 17.1 Å². The standard InChI is InChI=1S/C26H16Br2N2/c27-18-10-8-17(9-11-18)26-22(13-15-25(30-26)24-7-3-4-16-29-24)20-12-14-23(28)21-6-2-1-5-19(20)21/h1-16H. The molecule has 0 aliphatic carbocycles. The van der Waals surface area contributed by atoms with Crippen LogP contribution in [0.2, 0.25) is 0 Å².